The van der Waals surface area contributed by atoms with Gasteiger partial charge in [-0.2, -0.15) is 0 Å². The Balaban J connectivity index is 2.13. The van der Waals surface area contributed by atoms with Crippen LogP contribution in [-0.4, -0.2) is 35.9 Å². The molecule has 0 saturated carbocycles. The Hall–Kier alpha value is -2.41. The third-order valence-electron chi connectivity index (χ3n) is 5.24. The molecular weight excluding hydrogens is 475 g/mol. The Kier molecular flexibility index (Phi) is 10.2. The van der Waals surface area contributed by atoms with E-state index in [4.69, 9.17) is 4.74 Å². The highest BCUT2D eigenvalue weighted by Gasteiger charge is 2.26. The summed E-state index contributed by atoms with van der Waals surface area (Å²) in [5.41, 5.74) is 1.89. The fourth-order valence-electron chi connectivity index (χ4n) is 3.12. The van der Waals surface area contributed by atoms with Crippen molar-refractivity contribution in [3.05, 3.63) is 63.9 Å². The van der Waals surface area contributed by atoms with Gasteiger partial charge in [-0.25, -0.2) is 4.39 Å². The zero-order valence-electron chi connectivity index (χ0n) is 19.2. The predicted molar refractivity (Wildman–Crippen MR) is 128 cm³/mol. The van der Waals surface area contributed by atoms with Crippen molar-refractivity contribution < 1.29 is 18.7 Å². The van der Waals surface area contributed by atoms with E-state index in [0.717, 1.165) is 28.4 Å². The summed E-state index contributed by atoms with van der Waals surface area (Å²) in [6.07, 6.45) is 1.83. The number of nitrogens with one attached hydrogen (secondary N) is 1. The first-order valence-electron chi connectivity index (χ1n) is 11.0. The maximum atomic E-state index is 13.3. The highest BCUT2D eigenvalue weighted by Crippen LogP contribution is 2.29. The van der Waals surface area contributed by atoms with Gasteiger partial charge in [-0.05, 0) is 70.6 Å². The highest BCUT2D eigenvalue weighted by atomic mass is 79.9. The average Bonchev–Trinajstić information content (AvgIpc) is 2.77. The minimum Gasteiger partial charge on any atom is -0.483 e. The lowest BCUT2D eigenvalue weighted by molar-refractivity contribution is -0.142. The summed E-state index contributed by atoms with van der Waals surface area (Å²) in [6.45, 7) is 8.47. The van der Waals surface area contributed by atoms with Gasteiger partial charge in [0, 0.05) is 13.1 Å². The van der Waals surface area contributed by atoms with Crippen molar-refractivity contribution in [2.45, 2.75) is 59.0 Å². The molecule has 2 aromatic carbocycles. The van der Waals surface area contributed by atoms with Crippen LogP contribution in [0.5, 0.6) is 5.75 Å². The molecule has 2 rings (SSSR count). The molecule has 2 amide bonds. The van der Waals surface area contributed by atoms with Gasteiger partial charge in [0.05, 0.1) is 4.47 Å². The van der Waals surface area contributed by atoms with Gasteiger partial charge in [0.2, 0.25) is 5.91 Å². The van der Waals surface area contributed by atoms with Gasteiger partial charge in [0.15, 0.2) is 6.61 Å². The van der Waals surface area contributed by atoms with E-state index in [-0.39, 0.29) is 30.8 Å². The van der Waals surface area contributed by atoms with E-state index in [0.29, 0.717) is 18.2 Å². The van der Waals surface area contributed by atoms with Crippen LogP contribution in [0, 0.1) is 5.82 Å². The Labute approximate surface area is 198 Å². The van der Waals surface area contributed by atoms with Crippen LogP contribution in [0.25, 0.3) is 0 Å². The van der Waals surface area contributed by atoms with E-state index in [1.54, 1.807) is 19.1 Å². The first-order chi connectivity index (χ1) is 15.2. The molecule has 0 aromatic heterocycles. The van der Waals surface area contributed by atoms with Crippen LogP contribution >= 0.6 is 15.9 Å². The number of ether oxygens (including phenoxy) is 1. The summed E-state index contributed by atoms with van der Waals surface area (Å²) < 4.78 is 19.8. The van der Waals surface area contributed by atoms with E-state index in [1.807, 2.05) is 25.1 Å². The molecule has 2 aromatic rings. The molecule has 0 fully saturated rings. The van der Waals surface area contributed by atoms with Crippen molar-refractivity contribution in [2.75, 3.05) is 13.2 Å². The molecular formula is C25H32BrFN2O3. The fraction of sp³-hybridized carbons (Fsp3) is 0.440. The molecule has 0 aliphatic rings. The van der Waals surface area contributed by atoms with Crippen LogP contribution in [0.2, 0.25) is 0 Å². The van der Waals surface area contributed by atoms with E-state index >= 15 is 0 Å². The summed E-state index contributed by atoms with van der Waals surface area (Å²) in [7, 11) is 0. The molecule has 0 radical (unpaired) electrons. The number of amides is 2. The van der Waals surface area contributed by atoms with Crippen LogP contribution in [0.15, 0.2) is 46.9 Å². The Morgan fingerprint density at radius 2 is 1.81 bits per heavy atom. The maximum absolute atomic E-state index is 13.3. The summed E-state index contributed by atoms with van der Waals surface area (Å²) in [4.78, 5) is 27.2. The van der Waals surface area contributed by atoms with Crippen molar-refractivity contribution >= 4 is 27.7 Å². The van der Waals surface area contributed by atoms with Gasteiger partial charge in [-0.3, -0.25) is 9.59 Å². The number of hydrogen-bond donors (Lipinski definition) is 1. The van der Waals surface area contributed by atoms with E-state index < -0.39 is 6.04 Å². The number of nitrogens with zero attached hydrogens (tertiary/aromatic N) is 1. The zero-order chi connectivity index (χ0) is 23.7. The fourth-order valence-corrected chi connectivity index (χ4v) is 3.63. The molecule has 1 atom stereocenters. The smallest absolute Gasteiger partial charge is 0.261 e. The number of rotatable bonds is 11. The molecule has 32 heavy (non-hydrogen) atoms. The van der Waals surface area contributed by atoms with E-state index in [9.17, 15) is 14.0 Å². The van der Waals surface area contributed by atoms with Crippen molar-refractivity contribution in [1.82, 2.24) is 10.2 Å². The van der Waals surface area contributed by atoms with E-state index in [1.165, 1.54) is 17.0 Å². The number of unbranched alkanes of at least 4 members (excludes halogenated alkanes) is 1. The minimum absolute atomic E-state index is 0.179. The molecule has 0 heterocycles. The number of benzene rings is 2. The van der Waals surface area contributed by atoms with Crippen molar-refractivity contribution in [1.29, 1.82) is 0 Å². The topological polar surface area (TPSA) is 58.6 Å². The first kappa shape index (κ1) is 25.8. The molecule has 0 spiro atoms. The minimum atomic E-state index is -0.695. The van der Waals surface area contributed by atoms with Gasteiger partial charge >= 0.3 is 0 Å². The van der Waals surface area contributed by atoms with Gasteiger partial charge in [0.1, 0.15) is 17.6 Å². The first-order valence-corrected chi connectivity index (χ1v) is 11.8. The molecule has 7 heteroatoms. The Morgan fingerprint density at radius 3 is 2.41 bits per heavy atom. The van der Waals surface area contributed by atoms with Gasteiger partial charge in [-0.15, -0.1) is 0 Å². The van der Waals surface area contributed by atoms with Gasteiger partial charge < -0.3 is 15.0 Å². The second kappa shape index (κ2) is 12.6. The summed E-state index contributed by atoms with van der Waals surface area (Å²) in [5, 5.41) is 2.87. The van der Waals surface area contributed by atoms with Crippen LogP contribution in [0.1, 0.15) is 57.6 Å². The number of halogens is 2. The van der Waals surface area contributed by atoms with Gasteiger partial charge in [0.25, 0.3) is 5.91 Å². The molecule has 1 N–H and O–H groups in total. The normalized spacial score (nSPS) is 11.8. The molecule has 0 aliphatic heterocycles. The lowest BCUT2D eigenvalue weighted by Gasteiger charge is -2.29. The molecule has 0 bridgehead atoms. The Morgan fingerprint density at radius 1 is 1.12 bits per heavy atom. The second-order valence-corrected chi connectivity index (χ2v) is 8.96. The zero-order valence-corrected chi connectivity index (χ0v) is 20.7. The summed E-state index contributed by atoms with van der Waals surface area (Å²) >= 11 is 3.50. The largest absolute Gasteiger partial charge is 0.483 e. The van der Waals surface area contributed by atoms with Crippen molar-refractivity contribution in [3.8, 4) is 5.75 Å². The van der Waals surface area contributed by atoms with Crippen molar-refractivity contribution in [3.63, 3.8) is 0 Å². The van der Waals surface area contributed by atoms with Gasteiger partial charge in [-0.1, -0.05) is 45.4 Å². The Bertz CT molecular complexity index is 903. The lowest BCUT2D eigenvalue weighted by Crippen LogP contribution is -2.49. The number of hydrogen-bond acceptors (Lipinski definition) is 3. The third-order valence-corrected chi connectivity index (χ3v) is 5.86. The third kappa shape index (κ3) is 7.62. The predicted octanol–water partition coefficient (Wildman–Crippen LogP) is 5.42. The lowest BCUT2D eigenvalue weighted by atomic mass is 10.0. The van der Waals surface area contributed by atoms with Crippen molar-refractivity contribution in [2.24, 2.45) is 0 Å². The second-order valence-electron chi connectivity index (χ2n) is 8.10. The maximum Gasteiger partial charge on any atom is 0.261 e. The molecule has 174 valence electrons. The SMILES string of the molecule is CCCCNC(=O)[C@H](C)N(Cc1ccc(F)cc1)C(=O)COc1ccc(C(C)C)cc1Br. The quantitative estimate of drug-likeness (QED) is 0.413. The summed E-state index contributed by atoms with van der Waals surface area (Å²) in [5.74, 6) is 0.0310. The molecule has 0 saturated heterocycles. The standard InChI is InChI=1S/C25H32BrFN2O3/c1-5-6-13-28-25(31)18(4)29(15-19-7-10-21(27)11-8-19)24(30)16-32-23-12-9-20(17(2)3)14-22(23)26/h7-12,14,17-18H,5-6,13,15-16H2,1-4H3,(H,28,31)/t18-/m0/s1. The van der Waals surface area contributed by atoms with Crippen LogP contribution in [-0.2, 0) is 16.1 Å². The van der Waals surface area contributed by atoms with E-state index in [2.05, 4.69) is 35.1 Å². The highest BCUT2D eigenvalue weighted by molar-refractivity contribution is 9.10. The number of carbonyl (C=O) groups is 2. The van der Waals surface area contributed by atoms with Crippen LogP contribution < -0.4 is 10.1 Å². The molecule has 5 nitrogen and oxygen atoms in total. The molecule has 0 unspecified atom stereocenters. The number of carbonyl (C=O) groups excluding carboxylic acids is 2. The van der Waals surface area contributed by atoms with Crippen LogP contribution in [0.3, 0.4) is 0 Å². The average molecular weight is 507 g/mol. The molecule has 0 aliphatic carbocycles. The monoisotopic (exact) mass is 506 g/mol. The van der Waals surface area contributed by atoms with Crippen LogP contribution in [0.4, 0.5) is 4.39 Å². The summed E-state index contributed by atoms with van der Waals surface area (Å²) in [6, 6.07) is 11.0.